The molecule has 9 nitrogen and oxygen atoms in total. The number of hydrogen-bond donors (Lipinski definition) is 2. The molecule has 1 fully saturated rings. The maximum Gasteiger partial charge on any atom is 0.265 e. The summed E-state index contributed by atoms with van der Waals surface area (Å²) in [6.07, 6.45) is 2.92. The average Bonchev–Trinajstić information content (AvgIpc) is 2.88. The van der Waals surface area contributed by atoms with Crippen LogP contribution in [-0.4, -0.2) is 54.9 Å². The van der Waals surface area contributed by atoms with E-state index in [1.165, 1.54) is 12.4 Å². The summed E-state index contributed by atoms with van der Waals surface area (Å²) < 4.78 is 32.6. The molecule has 1 aliphatic rings. The highest BCUT2D eigenvalue weighted by atomic mass is 32.2. The third-order valence-corrected chi connectivity index (χ3v) is 5.16. The molecule has 0 amide bonds. The highest BCUT2D eigenvalue weighted by Gasteiger charge is 2.23. The number of rotatable bonds is 4. The van der Waals surface area contributed by atoms with Crippen LogP contribution < -0.4 is 9.62 Å². The van der Waals surface area contributed by atoms with Crippen LogP contribution in [0.4, 0.5) is 11.6 Å². The first-order valence-electron chi connectivity index (χ1n) is 7.16. The summed E-state index contributed by atoms with van der Waals surface area (Å²) in [4.78, 5) is 10.6. The van der Waals surface area contributed by atoms with Gasteiger partial charge in [-0.2, -0.15) is 5.10 Å². The van der Waals surface area contributed by atoms with E-state index in [4.69, 9.17) is 4.74 Å². The SMILES string of the molecule is Cc1n[nH]c(C)c1S(=O)(=O)Nc1cnc(N2CCOCC2)nc1. The Kier molecular flexibility index (Phi) is 4.18. The zero-order chi connectivity index (χ0) is 16.4. The lowest BCUT2D eigenvalue weighted by atomic mass is 10.4. The summed E-state index contributed by atoms with van der Waals surface area (Å²) in [5.41, 5.74) is 1.21. The summed E-state index contributed by atoms with van der Waals surface area (Å²) in [6, 6.07) is 0. The average molecular weight is 338 g/mol. The van der Waals surface area contributed by atoms with E-state index in [0.29, 0.717) is 36.2 Å². The van der Waals surface area contributed by atoms with Crippen LogP contribution in [0.5, 0.6) is 0 Å². The Bertz CT molecular complexity index is 761. The first-order chi connectivity index (χ1) is 11.0. The number of aromatic amines is 1. The number of H-pyrrole nitrogens is 1. The lowest BCUT2D eigenvalue weighted by molar-refractivity contribution is 0.122. The number of nitrogens with one attached hydrogen (secondary N) is 2. The van der Waals surface area contributed by atoms with E-state index in [2.05, 4.69) is 24.9 Å². The standard InChI is InChI=1S/C13H18N6O3S/c1-9-12(10(2)17-16-9)23(20,21)18-11-7-14-13(15-8-11)19-3-5-22-6-4-19/h7-8,18H,3-6H2,1-2H3,(H,16,17). The highest BCUT2D eigenvalue weighted by Crippen LogP contribution is 2.20. The lowest BCUT2D eigenvalue weighted by Gasteiger charge is -2.26. The maximum atomic E-state index is 12.4. The summed E-state index contributed by atoms with van der Waals surface area (Å²) in [5, 5.41) is 6.57. The second kappa shape index (κ2) is 6.13. The van der Waals surface area contributed by atoms with Crippen molar-refractivity contribution in [1.82, 2.24) is 20.2 Å². The van der Waals surface area contributed by atoms with E-state index < -0.39 is 10.0 Å². The molecule has 23 heavy (non-hydrogen) atoms. The smallest absolute Gasteiger partial charge is 0.265 e. The molecule has 2 aromatic rings. The fourth-order valence-corrected chi connectivity index (χ4v) is 3.84. The van der Waals surface area contributed by atoms with Crippen molar-refractivity contribution < 1.29 is 13.2 Å². The molecular formula is C13H18N6O3S. The van der Waals surface area contributed by atoms with Crippen molar-refractivity contribution in [3.05, 3.63) is 23.8 Å². The zero-order valence-corrected chi connectivity index (χ0v) is 13.7. The third-order valence-electron chi connectivity index (χ3n) is 3.51. The van der Waals surface area contributed by atoms with Gasteiger partial charge in [-0.1, -0.05) is 0 Å². The number of sulfonamides is 1. The van der Waals surface area contributed by atoms with Gasteiger partial charge in [0.25, 0.3) is 10.0 Å². The van der Waals surface area contributed by atoms with Crippen molar-refractivity contribution >= 4 is 21.7 Å². The first-order valence-corrected chi connectivity index (χ1v) is 8.65. The van der Waals surface area contributed by atoms with E-state index in [9.17, 15) is 8.42 Å². The molecule has 0 spiro atoms. The summed E-state index contributed by atoms with van der Waals surface area (Å²) in [6.45, 7) is 6.01. The normalized spacial score (nSPS) is 15.7. The van der Waals surface area contributed by atoms with Crippen molar-refractivity contribution in [2.75, 3.05) is 35.9 Å². The van der Waals surface area contributed by atoms with E-state index >= 15 is 0 Å². The van der Waals surface area contributed by atoms with E-state index in [1.807, 2.05) is 4.90 Å². The highest BCUT2D eigenvalue weighted by molar-refractivity contribution is 7.92. The van der Waals surface area contributed by atoms with Crippen molar-refractivity contribution in [3.63, 3.8) is 0 Å². The van der Waals surface area contributed by atoms with Gasteiger partial charge in [0.1, 0.15) is 4.90 Å². The molecule has 3 rings (SSSR count). The van der Waals surface area contributed by atoms with E-state index in [-0.39, 0.29) is 4.90 Å². The molecule has 0 unspecified atom stereocenters. The molecule has 0 bridgehead atoms. The van der Waals surface area contributed by atoms with Crippen LogP contribution in [-0.2, 0) is 14.8 Å². The molecule has 0 radical (unpaired) electrons. The van der Waals surface area contributed by atoms with Crippen molar-refractivity contribution in [2.24, 2.45) is 0 Å². The molecule has 0 aliphatic carbocycles. The lowest BCUT2D eigenvalue weighted by Crippen LogP contribution is -2.37. The van der Waals surface area contributed by atoms with Gasteiger partial charge in [-0.05, 0) is 13.8 Å². The van der Waals surface area contributed by atoms with Gasteiger partial charge in [0, 0.05) is 13.1 Å². The van der Waals surface area contributed by atoms with Crippen molar-refractivity contribution in [3.8, 4) is 0 Å². The van der Waals surface area contributed by atoms with E-state index in [0.717, 1.165) is 13.1 Å². The molecule has 0 saturated carbocycles. The van der Waals surface area contributed by atoms with Gasteiger partial charge in [0.15, 0.2) is 0 Å². The minimum Gasteiger partial charge on any atom is -0.378 e. The van der Waals surface area contributed by atoms with Gasteiger partial charge in [0.05, 0.1) is 42.7 Å². The Morgan fingerprint density at radius 2 is 1.87 bits per heavy atom. The molecule has 1 aliphatic heterocycles. The first kappa shape index (κ1) is 15.7. The van der Waals surface area contributed by atoms with E-state index in [1.54, 1.807) is 13.8 Å². The maximum absolute atomic E-state index is 12.4. The minimum absolute atomic E-state index is 0.148. The van der Waals surface area contributed by atoms with Crippen LogP contribution in [0.3, 0.4) is 0 Å². The topological polar surface area (TPSA) is 113 Å². The second-order valence-corrected chi connectivity index (χ2v) is 6.86. The van der Waals surface area contributed by atoms with Gasteiger partial charge >= 0.3 is 0 Å². The number of hydrogen-bond acceptors (Lipinski definition) is 7. The Balaban J connectivity index is 1.78. The molecule has 10 heteroatoms. The number of ether oxygens (including phenoxy) is 1. The number of aryl methyl sites for hydroxylation is 2. The molecule has 0 aromatic carbocycles. The van der Waals surface area contributed by atoms with Crippen LogP contribution in [0.1, 0.15) is 11.4 Å². The number of morpholine rings is 1. The van der Waals surface area contributed by atoms with Crippen molar-refractivity contribution in [2.45, 2.75) is 18.7 Å². The van der Waals surface area contributed by atoms with Gasteiger partial charge < -0.3 is 9.64 Å². The van der Waals surface area contributed by atoms with Crippen LogP contribution in [0.15, 0.2) is 17.3 Å². The van der Waals surface area contributed by atoms with Crippen LogP contribution in [0.25, 0.3) is 0 Å². The molecule has 3 heterocycles. The summed E-state index contributed by atoms with van der Waals surface area (Å²) >= 11 is 0. The van der Waals surface area contributed by atoms with Gasteiger partial charge in [-0.15, -0.1) is 0 Å². The minimum atomic E-state index is -3.73. The molecule has 1 saturated heterocycles. The van der Waals surface area contributed by atoms with Gasteiger partial charge in [-0.25, -0.2) is 18.4 Å². The molecule has 2 aromatic heterocycles. The third kappa shape index (κ3) is 3.27. The molecule has 124 valence electrons. The summed E-state index contributed by atoms with van der Waals surface area (Å²) in [5.74, 6) is 0.562. The van der Waals surface area contributed by atoms with Gasteiger partial charge in [0.2, 0.25) is 5.95 Å². The number of aromatic nitrogens is 4. The number of nitrogens with zero attached hydrogens (tertiary/aromatic N) is 4. The molecular weight excluding hydrogens is 320 g/mol. The van der Waals surface area contributed by atoms with Crippen LogP contribution >= 0.6 is 0 Å². The Labute approximate surface area is 134 Å². The van der Waals surface area contributed by atoms with Crippen LogP contribution in [0, 0.1) is 13.8 Å². The fourth-order valence-electron chi connectivity index (χ4n) is 2.44. The molecule has 0 atom stereocenters. The largest absolute Gasteiger partial charge is 0.378 e. The Morgan fingerprint density at radius 3 is 2.43 bits per heavy atom. The second-order valence-electron chi connectivity index (χ2n) is 5.24. The zero-order valence-electron chi connectivity index (χ0n) is 12.9. The predicted molar refractivity (Wildman–Crippen MR) is 83.9 cm³/mol. The predicted octanol–water partition coefficient (Wildman–Crippen LogP) is 0.454. The van der Waals surface area contributed by atoms with Crippen molar-refractivity contribution in [1.29, 1.82) is 0 Å². The Hall–Kier alpha value is -2.20. The monoisotopic (exact) mass is 338 g/mol. The summed E-state index contributed by atoms with van der Waals surface area (Å²) in [7, 11) is -3.73. The number of anilines is 2. The van der Waals surface area contributed by atoms with Gasteiger partial charge in [-0.3, -0.25) is 9.82 Å². The fraction of sp³-hybridized carbons (Fsp3) is 0.462. The Morgan fingerprint density at radius 1 is 1.22 bits per heavy atom. The molecule has 2 N–H and O–H groups in total. The van der Waals surface area contributed by atoms with Crippen LogP contribution in [0.2, 0.25) is 0 Å². The quantitative estimate of drug-likeness (QED) is 0.832.